The van der Waals surface area contributed by atoms with Gasteiger partial charge in [-0.2, -0.15) is 0 Å². The highest BCUT2D eigenvalue weighted by molar-refractivity contribution is 9.10. The molecule has 0 radical (unpaired) electrons. The summed E-state index contributed by atoms with van der Waals surface area (Å²) >= 11 is 3.32. The lowest BCUT2D eigenvalue weighted by Gasteiger charge is -2.25. The maximum Gasteiger partial charge on any atom is 0.326 e. The number of carbonyl (C=O) groups excluding carboxylic acids is 1. The summed E-state index contributed by atoms with van der Waals surface area (Å²) in [6.45, 7) is 8.36. The maximum absolute atomic E-state index is 12.0. The second-order valence-corrected chi connectivity index (χ2v) is 8.02. The topological polar surface area (TPSA) is 78.4 Å². The monoisotopic (exact) mass is 384 g/mol. The fraction of sp³-hybridized carbons (Fsp3) is 0.529. The highest BCUT2D eigenvalue weighted by Gasteiger charge is 2.25. The van der Waals surface area contributed by atoms with E-state index < -0.39 is 18.0 Å². The molecular weight excluding hydrogens is 360 g/mol. The molecule has 0 heterocycles. The number of carbonyl (C=O) groups is 2. The maximum atomic E-state index is 12.0. The number of urea groups is 1. The van der Waals surface area contributed by atoms with Crippen LogP contribution in [0.5, 0.6) is 0 Å². The minimum atomic E-state index is -1.02. The largest absolute Gasteiger partial charge is 0.480 e. The third kappa shape index (κ3) is 8.02. The summed E-state index contributed by atoms with van der Waals surface area (Å²) in [6.07, 6.45) is 1.30. The molecule has 6 heteroatoms. The van der Waals surface area contributed by atoms with Gasteiger partial charge in [0.2, 0.25) is 0 Å². The summed E-state index contributed by atoms with van der Waals surface area (Å²) in [7, 11) is 0. The Morgan fingerprint density at radius 2 is 1.78 bits per heavy atom. The standard InChI is InChI=1S/C17H25BrN2O3/c1-11(10-17(2,3)4)9-14(15(21)22)20-16(23)19-13-7-5-12(18)6-8-13/h5-8,11,14H,9-10H2,1-4H3,(H,21,22)(H2,19,20,23)/t11?,14-/m0/s1. The van der Waals surface area contributed by atoms with Gasteiger partial charge in [-0.3, -0.25) is 0 Å². The van der Waals surface area contributed by atoms with Gasteiger partial charge in [-0.25, -0.2) is 9.59 Å². The minimum absolute atomic E-state index is 0.127. The molecule has 0 aliphatic rings. The van der Waals surface area contributed by atoms with Crippen LogP contribution in [0.4, 0.5) is 10.5 Å². The Morgan fingerprint density at radius 3 is 2.26 bits per heavy atom. The van der Waals surface area contributed by atoms with E-state index in [1.54, 1.807) is 24.3 Å². The number of hydrogen-bond donors (Lipinski definition) is 3. The summed E-state index contributed by atoms with van der Waals surface area (Å²) in [5.41, 5.74) is 0.736. The molecule has 128 valence electrons. The predicted octanol–water partition coefficient (Wildman–Crippen LogP) is 4.49. The zero-order chi connectivity index (χ0) is 17.6. The lowest BCUT2D eigenvalue weighted by atomic mass is 9.83. The Morgan fingerprint density at radius 1 is 1.22 bits per heavy atom. The van der Waals surface area contributed by atoms with Crippen LogP contribution in [0.3, 0.4) is 0 Å². The first-order chi connectivity index (χ1) is 10.6. The van der Waals surface area contributed by atoms with Crippen molar-refractivity contribution in [3.8, 4) is 0 Å². The van der Waals surface area contributed by atoms with Gasteiger partial charge in [-0.15, -0.1) is 0 Å². The number of benzene rings is 1. The van der Waals surface area contributed by atoms with Crippen LogP contribution < -0.4 is 10.6 Å². The average molecular weight is 385 g/mol. The molecule has 0 fully saturated rings. The molecule has 0 saturated heterocycles. The van der Waals surface area contributed by atoms with E-state index in [9.17, 15) is 14.7 Å². The zero-order valence-electron chi connectivity index (χ0n) is 14.0. The molecule has 1 aromatic rings. The highest BCUT2D eigenvalue weighted by atomic mass is 79.9. The Labute approximate surface area is 146 Å². The van der Waals surface area contributed by atoms with Gasteiger partial charge < -0.3 is 15.7 Å². The third-order valence-electron chi connectivity index (χ3n) is 3.30. The number of amides is 2. The molecule has 0 aliphatic heterocycles. The second kappa shape index (κ2) is 8.34. The van der Waals surface area contributed by atoms with Crippen LogP contribution in [0.15, 0.2) is 28.7 Å². The van der Waals surface area contributed by atoms with Crippen LogP contribution in [-0.2, 0) is 4.79 Å². The third-order valence-corrected chi connectivity index (χ3v) is 3.83. The Hall–Kier alpha value is -1.56. The first-order valence-corrected chi connectivity index (χ1v) is 8.42. The number of hydrogen-bond acceptors (Lipinski definition) is 2. The van der Waals surface area contributed by atoms with Gasteiger partial charge in [0.05, 0.1) is 0 Å². The molecule has 5 nitrogen and oxygen atoms in total. The second-order valence-electron chi connectivity index (χ2n) is 7.10. The van der Waals surface area contributed by atoms with Gasteiger partial charge >= 0.3 is 12.0 Å². The van der Waals surface area contributed by atoms with Crippen molar-refractivity contribution in [3.63, 3.8) is 0 Å². The molecule has 2 atom stereocenters. The number of aliphatic carboxylic acids is 1. The fourth-order valence-corrected chi connectivity index (χ4v) is 2.88. The van der Waals surface area contributed by atoms with E-state index in [1.165, 1.54) is 0 Å². The summed E-state index contributed by atoms with van der Waals surface area (Å²) < 4.78 is 0.905. The fourth-order valence-electron chi connectivity index (χ4n) is 2.61. The number of carboxylic acid groups (broad SMARTS) is 1. The van der Waals surface area contributed by atoms with Gasteiger partial charge in [0.25, 0.3) is 0 Å². The molecule has 0 aromatic heterocycles. The van der Waals surface area contributed by atoms with Crippen LogP contribution in [0.1, 0.15) is 40.5 Å². The Bertz CT molecular complexity index is 538. The van der Waals surface area contributed by atoms with E-state index in [2.05, 4.69) is 47.3 Å². The number of nitrogens with one attached hydrogen (secondary N) is 2. The van der Waals surface area contributed by atoms with Crippen molar-refractivity contribution in [2.75, 3.05) is 5.32 Å². The zero-order valence-corrected chi connectivity index (χ0v) is 15.6. The first kappa shape index (κ1) is 19.5. The highest BCUT2D eigenvalue weighted by Crippen LogP contribution is 2.26. The number of carboxylic acids is 1. The Kier molecular flexibility index (Phi) is 7.06. The van der Waals surface area contributed by atoms with E-state index in [4.69, 9.17) is 0 Å². The van der Waals surface area contributed by atoms with Crippen LogP contribution in [0.2, 0.25) is 0 Å². The molecule has 0 bridgehead atoms. The van der Waals surface area contributed by atoms with E-state index in [0.29, 0.717) is 12.1 Å². The van der Waals surface area contributed by atoms with Gasteiger partial charge in [-0.1, -0.05) is 43.6 Å². The Balaban J connectivity index is 2.59. The molecule has 0 spiro atoms. The summed E-state index contributed by atoms with van der Waals surface area (Å²) in [4.78, 5) is 23.4. The number of rotatable bonds is 6. The van der Waals surface area contributed by atoms with Crippen LogP contribution in [-0.4, -0.2) is 23.1 Å². The SMILES string of the molecule is CC(C[C@H](NC(=O)Nc1ccc(Br)cc1)C(=O)O)CC(C)(C)C. The molecule has 0 saturated carbocycles. The first-order valence-electron chi connectivity index (χ1n) is 7.63. The van der Waals surface area contributed by atoms with Gasteiger partial charge in [-0.05, 0) is 48.4 Å². The van der Waals surface area contributed by atoms with Crippen molar-refractivity contribution in [1.82, 2.24) is 5.32 Å². The van der Waals surface area contributed by atoms with Gasteiger partial charge in [0.15, 0.2) is 0 Å². The smallest absolute Gasteiger partial charge is 0.326 e. The lowest BCUT2D eigenvalue weighted by Crippen LogP contribution is -2.44. The van der Waals surface area contributed by atoms with Gasteiger partial charge in [0, 0.05) is 10.2 Å². The number of anilines is 1. The van der Waals surface area contributed by atoms with E-state index in [-0.39, 0.29) is 11.3 Å². The average Bonchev–Trinajstić information content (AvgIpc) is 2.38. The van der Waals surface area contributed by atoms with Crippen molar-refractivity contribution in [2.45, 2.75) is 46.6 Å². The van der Waals surface area contributed by atoms with Crippen molar-refractivity contribution in [3.05, 3.63) is 28.7 Å². The normalized spacial score (nSPS) is 14.0. The lowest BCUT2D eigenvalue weighted by molar-refractivity contribution is -0.139. The summed E-state index contributed by atoms with van der Waals surface area (Å²) in [5.74, 6) is -0.819. The quantitative estimate of drug-likeness (QED) is 0.675. The predicted molar refractivity (Wildman–Crippen MR) is 95.6 cm³/mol. The molecule has 23 heavy (non-hydrogen) atoms. The molecule has 3 N–H and O–H groups in total. The van der Waals surface area contributed by atoms with Crippen molar-refractivity contribution in [2.24, 2.45) is 11.3 Å². The summed E-state index contributed by atoms with van der Waals surface area (Å²) in [5, 5.41) is 14.5. The van der Waals surface area contributed by atoms with Crippen molar-refractivity contribution >= 4 is 33.6 Å². The van der Waals surface area contributed by atoms with E-state index in [1.807, 2.05) is 6.92 Å². The molecule has 0 aliphatic carbocycles. The molecule has 1 rings (SSSR count). The van der Waals surface area contributed by atoms with Crippen LogP contribution >= 0.6 is 15.9 Å². The van der Waals surface area contributed by atoms with E-state index in [0.717, 1.165) is 10.9 Å². The molecule has 2 amide bonds. The van der Waals surface area contributed by atoms with Gasteiger partial charge in [0.1, 0.15) is 6.04 Å². The number of halogens is 1. The van der Waals surface area contributed by atoms with E-state index >= 15 is 0 Å². The molecule has 1 unspecified atom stereocenters. The van der Waals surface area contributed by atoms with Crippen LogP contribution in [0.25, 0.3) is 0 Å². The molecule has 1 aromatic carbocycles. The van der Waals surface area contributed by atoms with Crippen molar-refractivity contribution in [1.29, 1.82) is 0 Å². The minimum Gasteiger partial charge on any atom is -0.480 e. The molecular formula is C17H25BrN2O3. The van der Waals surface area contributed by atoms with Crippen molar-refractivity contribution < 1.29 is 14.7 Å². The summed E-state index contributed by atoms with van der Waals surface area (Å²) in [6, 6.07) is 5.67. The van der Waals surface area contributed by atoms with Crippen LogP contribution in [0, 0.1) is 11.3 Å².